The highest BCUT2D eigenvalue weighted by Gasteiger charge is 2.15. The van der Waals surface area contributed by atoms with Crippen LogP contribution in [-0.4, -0.2) is 25.1 Å². The summed E-state index contributed by atoms with van der Waals surface area (Å²) in [4.78, 5) is 13.0. The van der Waals surface area contributed by atoms with E-state index in [0.717, 1.165) is 22.1 Å². The monoisotopic (exact) mass is 258 g/mol. The summed E-state index contributed by atoms with van der Waals surface area (Å²) in [6, 6.07) is 6.20. The van der Waals surface area contributed by atoms with Gasteiger partial charge in [0, 0.05) is 18.6 Å². The first-order valence-electron chi connectivity index (χ1n) is 6.18. The third-order valence-electron chi connectivity index (χ3n) is 2.50. The van der Waals surface area contributed by atoms with Crippen LogP contribution < -0.4 is 0 Å². The predicted octanol–water partition coefficient (Wildman–Crippen LogP) is 2.90. The van der Waals surface area contributed by atoms with E-state index in [1.165, 1.54) is 12.4 Å². The van der Waals surface area contributed by atoms with Gasteiger partial charge in [-0.2, -0.15) is 0 Å². The number of nitrogens with zero attached hydrogens (tertiary/aromatic N) is 4. The van der Waals surface area contributed by atoms with Crippen LogP contribution in [0.5, 0.6) is 0 Å². The van der Waals surface area contributed by atoms with Gasteiger partial charge in [-0.25, -0.2) is 15.0 Å². The third-order valence-corrected chi connectivity index (χ3v) is 3.45. The zero-order valence-corrected chi connectivity index (χ0v) is 10.7. The van der Waals surface area contributed by atoms with E-state index < -0.39 is 0 Å². The lowest BCUT2D eigenvalue weighted by Gasteiger charge is -2.01. The Labute approximate surface area is 111 Å². The van der Waals surface area contributed by atoms with Gasteiger partial charge in [-0.1, -0.05) is 13.0 Å². The molecule has 90 valence electrons. The average Bonchev–Trinajstić information content (AvgIpc) is 2.79. The second-order valence-electron chi connectivity index (χ2n) is 3.63. The summed E-state index contributed by atoms with van der Waals surface area (Å²) in [6.07, 6.45) is 4.97. The summed E-state index contributed by atoms with van der Waals surface area (Å²) in [7, 11) is 0. The molecule has 0 fully saturated rings. The zero-order chi connectivity index (χ0) is 13.2. The fourth-order valence-corrected chi connectivity index (χ4v) is 2.62. The van der Waals surface area contributed by atoms with Gasteiger partial charge in [0.2, 0.25) is 0 Å². The van der Waals surface area contributed by atoms with Crippen LogP contribution in [0, 0.1) is 0 Å². The Balaban J connectivity index is 2.21. The molecule has 0 bridgehead atoms. The van der Waals surface area contributed by atoms with Gasteiger partial charge in [-0.3, -0.25) is 4.40 Å². The molecular formula is C13H12N4S. The van der Waals surface area contributed by atoms with E-state index in [1.807, 2.05) is 28.8 Å². The Morgan fingerprint density at radius 1 is 1.33 bits per heavy atom. The van der Waals surface area contributed by atoms with Crippen LogP contribution >= 0.6 is 11.8 Å². The van der Waals surface area contributed by atoms with Gasteiger partial charge in [-0.15, -0.1) is 11.8 Å². The Bertz CT molecular complexity index is 708. The molecule has 0 saturated carbocycles. The van der Waals surface area contributed by atoms with Crippen LogP contribution in [0.1, 0.15) is 8.29 Å². The molecule has 18 heavy (non-hydrogen) atoms. The summed E-state index contributed by atoms with van der Waals surface area (Å²) in [5, 5.41) is 1.04. The molecule has 0 unspecified atom stereocenters. The molecule has 0 aliphatic carbocycles. The fraction of sp³-hybridized carbons (Fsp3) is 0.154. The summed E-state index contributed by atoms with van der Waals surface area (Å²) in [5.74, 6) is 1.52. The minimum atomic E-state index is 0.303. The molecule has 0 N–H and O–H groups in total. The second kappa shape index (κ2) is 4.78. The van der Waals surface area contributed by atoms with Crippen molar-refractivity contribution in [3.63, 3.8) is 0 Å². The van der Waals surface area contributed by atoms with Crippen LogP contribution in [0.3, 0.4) is 0 Å². The van der Waals surface area contributed by atoms with Gasteiger partial charge in [-0.05, 0) is 23.9 Å². The minimum absolute atomic E-state index is 0.303. The second-order valence-corrected chi connectivity index (χ2v) is 4.89. The normalized spacial score (nSPS) is 11.7. The molecule has 0 saturated heterocycles. The van der Waals surface area contributed by atoms with Crippen LogP contribution in [0.15, 0.2) is 47.9 Å². The molecule has 0 aromatic carbocycles. The largest absolute Gasteiger partial charge is 0.294 e. The third kappa shape index (κ3) is 1.86. The van der Waals surface area contributed by atoms with Gasteiger partial charge in [0.25, 0.3) is 0 Å². The van der Waals surface area contributed by atoms with Crippen LogP contribution in [0.2, 0.25) is 0 Å². The van der Waals surface area contributed by atoms with E-state index in [2.05, 4.69) is 21.9 Å². The Kier molecular flexibility index (Phi) is 2.68. The first-order valence-corrected chi connectivity index (χ1v) is 6.67. The van der Waals surface area contributed by atoms with Crippen molar-refractivity contribution in [2.24, 2.45) is 0 Å². The Morgan fingerprint density at radius 2 is 2.17 bits per heavy atom. The summed E-state index contributed by atoms with van der Waals surface area (Å²) < 4.78 is 9.48. The lowest BCUT2D eigenvalue weighted by atomic mass is 10.4. The first-order chi connectivity index (χ1) is 9.29. The fourth-order valence-electron chi connectivity index (χ4n) is 1.78. The molecule has 0 atom stereocenters. The topological polar surface area (TPSA) is 43.1 Å². The lowest BCUT2D eigenvalue weighted by molar-refractivity contribution is 1.04. The highest BCUT2D eigenvalue weighted by Crippen LogP contribution is 2.29. The van der Waals surface area contributed by atoms with E-state index in [1.54, 1.807) is 11.8 Å². The molecule has 0 aliphatic rings. The summed E-state index contributed by atoms with van der Waals surface area (Å²) in [6.45, 7) is 2.10. The molecule has 5 heteroatoms. The van der Waals surface area contributed by atoms with E-state index >= 15 is 0 Å². The van der Waals surface area contributed by atoms with E-state index in [4.69, 9.17) is 1.37 Å². The van der Waals surface area contributed by atoms with Gasteiger partial charge in [0.15, 0.2) is 5.82 Å². The lowest BCUT2D eigenvalue weighted by Crippen LogP contribution is -1.90. The van der Waals surface area contributed by atoms with Crippen molar-refractivity contribution < 1.29 is 1.37 Å². The summed E-state index contributed by atoms with van der Waals surface area (Å²) >= 11 is 1.71. The average molecular weight is 258 g/mol. The maximum Gasteiger partial charge on any atom is 0.180 e. The van der Waals surface area contributed by atoms with Crippen molar-refractivity contribution in [1.82, 2.24) is 19.4 Å². The quantitative estimate of drug-likeness (QED) is 0.677. The molecule has 0 aliphatic heterocycles. The molecule has 3 rings (SSSR count). The number of hydrogen-bond donors (Lipinski definition) is 0. The Hall–Kier alpha value is -1.88. The predicted molar refractivity (Wildman–Crippen MR) is 72.6 cm³/mol. The number of imidazole rings is 1. The number of pyridine rings is 1. The zero-order valence-electron chi connectivity index (χ0n) is 10.9. The number of aromatic nitrogens is 4. The SMILES string of the molecule is [3H]c1cnc(-c2nc3ccccn3c2SCC)nc1. The van der Waals surface area contributed by atoms with Crippen molar-refractivity contribution >= 4 is 17.4 Å². The minimum Gasteiger partial charge on any atom is -0.294 e. The molecule has 3 aromatic heterocycles. The van der Waals surface area contributed by atoms with E-state index in [9.17, 15) is 0 Å². The van der Waals surface area contributed by atoms with Crippen LogP contribution in [0.4, 0.5) is 0 Å². The van der Waals surface area contributed by atoms with Gasteiger partial charge in [0.05, 0.1) is 1.37 Å². The van der Waals surface area contributed by atoms with Crippen molar-refractivity contribution in [3.8, 4) is 11.5 Å². The van der Waals surface area contributed by atoms with Crippen LogP contribution in [-0.2, 0) is 0 Å². The molecule has 0 spiro atoms. The highest BCUT2D eigenvalue weighted by atomic mass is 32.2. The maximum absolute atomic E-state index is 7.44. The smallest absolute Gasteiger partial charge is 0.180 e. The number of fused-ring (bicyclic) bond motifs is 1. The van der Waals surface area contributed by atoms with E-state index in [0.29, 0.717) is 11.9 Å². The number of rotatable bonds is 3. The molecule has 3 aromatic rings. The van der Waals surface area contributed by atoms with Gasteiger partial charge >= 0.3 is 0 Å². The summed E-state index contributed by atoms with van der Waals surface area (Å²) in [5.41, 5.74) is 1.66. The van der Waals surface area contributed by atoms with Gasteiger partial charge in [0.1, 0.15) is 16.4 Å². The highest BCUT2D eigenvalue weighted by molar-refractivity contribution is 7.99. The van der Waals surface area contributed by atoms with Crippen molar-refractivity contribution in [3.05, 3.63) is 42.8 Å². The first kappa shape index (κ1) is 10.1. The van der Waals surface area contributed by atoms with Crippen molar-refractivity contribution in [2.75, 3.05) is 5.75 Å². The number of hydrogen-bond acceptors (Lipinski definition) is 4. The molecular weight excluding hydrogens is 244 g/mol. The molecule has 0 radical (unpaired) electrons. The standard InChI is InChI=1S/C13H12N4S/c1-2-18-13-11(12-14-7-5-8-15-12)16-10-6-3-4-9-17(10)13/h3-9H,2H2,1H3/i5T. The molecule has 3 heterocycles. The molecule has 0 amide bonds. The molecule has 4 nitrogen and oxygen atoms in total. The number of thioether (sulfide) groups is 1. The van der Waals surface area contributed by atoms with Crippen LogP contribution in [0.25, 0.3) is 17.2 Å². The van der Waals surface area contributed by atoms with E-state index in [-0.39, 0.29) is 0 Å². The Morgan fingerprint density at radius 3 is 2.94 bits per heavy atom. The maximum atomic E-state index is 7.44. The van der Waals surface area contributed by atoms with Crippen molar-refractivity contribution in [1.29, 1.82) is 0 Å². The van der Waals surface area contributed by atoms with Gasteiger partial charge < -0.3 is 0 Å². The van der Waals surface area contributed by atoms with Crippen molar-refractivity contribution in [2.45, 2.75) is 11.9 Å².